The van der Waals surface area contributed by atoms with Gasteiger partial charge in [-0.15, -0.1) is 0 Å². The summed E-state index contributed by atoms with van der Waals surface area (Å²) in [5.74, 6) is 0. The fourth-order valence-corrected chi connectivity index (χ4v) is 2.36. The Bertz CT molecular complexity index is 640. The number of para-hydroxylation sites is 1. The summed E-state index contributed by atoms with van der Waals surface area (Å²) in [5, 5.41) is 10.3. The minimum atomic E-state index is -0.946. The van der Waals surface area contributed by atoms with Gasteiger partial charge in [-0.25, -0.2) is 9.36 Å². The molecule has 0 bridgehead atoms. The molecule has 18 heavy (non-hydrogen) atoms. The van der Waals surface area contributed by atoms with Crippen LogP contribution in [-0.2, 0) is 4.74 Å². The second-order valence-electron chi connectivity index (χ2n) is 4.26. The first-order chi connectivity index (χ1) is 8.77. The number of benzene rings is 1. The first kappa shape index (κ1) is 11.0. The van der Waals surface area contributed by atoms with Crippen LogP contribution in [0.5, 0.6) is 0 Å². The summed E-state index contributed by atoms with van der Waals surface area (Å²) in [4.78, 5) is 11.4. The van der Waals surface area contributed by atoms with E-state index >= 15 is 0 Å². The van der Waals surface area contributed by atoms with E-state index in [9.17, 15) is 9.90 Å². The number of carbonyl (C=O) groups is 1. The molecule has 0 saturated carbocycles. The number of hydrogen-bond acceptors (Lipinski definition) is 2. The molecular formula is C14H13NO3. The first-order valence-corrected chi connectivity index (χ1v) is 5.88. The monoisotopic (exact) mass is 243 g/mol. The van der Waals surface area contributed by atoms with Crippen LogP contribution in [0.3, 0.4) is 0 Å². The summed E-state index contributed by atoms with van der Waals surface area (Å²) in [5.41, 5.74) is 2.53. The molecule has 3 rings (SSSR count). The van der Waals surface area contributed by atoms with Gasteiger partial charge in [0, 0.05) is 5.39 Å². The third kappa shape index (κ3) is 1.71. The van der Waals surface area contributed by atoms with E-state index in [4.69, 9.17) is 4.74 Å². The van der Waals surface area contributed by atoms with Crippen LogP contribution >= 0.6 is 0 Å². The van der Waals surface area contributed by atoms with Crippen molar-refractivity contribution >= 4 is 22.6 Å². The van der Waals surface area contributed by atoms with E-state index in [2.05, 4.69) is 0 Å². The largest absolute Gasteiger partial charge is 0.464 e. The summed E-state index contributed by atoms with van der Waals surface area (Å²) < 4.78 is 6.62. The quantitative estimate of drug-likeness (QED) is 0.837. The number of ether oxygens (including phenoxy) is 1. The number of hydrogen-bond donors (Lipinski definition) is 1. The number of fused-ring (bicyclic) bond motifs is 1. The highest BCUT2D eigenvalue weighted by atomic mass is 16.5. The van der Waals surface area contributed by atoms with E-state index in [-0.39, 0.29) is 0 Å². The summed E-state index contributed by atoms with van der Waals surface area (Å²) in [6.45, 7) is 1.20. The van der Waals surface area contributed by atoms with Crippen LogP contribution < -0.4 is 0 Å². The molecule has 4 nitrogen and oxygen atoms in total. The predicted molar refractivity (Wildman–Crippen MR) is 68.8 cm³/mol. The van der Waals surface area contributed by atoms with Crippen molar-refractivity contribution < 1.29 is 14.6 Å². The van der Waals surface area contributed by atoms with Gasteiger partial charge >= 0.3 is 6.09 Å². The molecule has 0 amide bonds. The highest BCUT2D eigenvalue weighted by Crippen LogP contribution is 2.28. The van der Waals surface area contributed by atoms with Crippen molar-refractivity contribution in [3.05, 3.63) is 42.1 Å². The lowest BCUT2D eigenvalue weighted by Crippen LogP contribution is -2.13. The van der Waals surface area contributed by atoms with Crippen LogP contribution in [0.1, 0.15) is 12.1 Å². The molecule has 0 atom stereocenters. The summed E-state index contributed by atoms with van der Waals surface area (Å²) >= 11 is 0. The van der Waals surface area contributed by atoms with Crippen molar-refractivity contribution in [1.29, 1.82) is 0 Å². The van der Waals surface area contributed by atoms with Crippen LogP contribution in [-0.4, -0.2) is 29.0 Å². The molecule has 92 valence electrons. The molecule has 1 aromatic carbocycles. The Hall–Kier alpha value is -2.07. The molecule has 0 spiro atoms. The maximum atomic E-state index is 11.4. The van der Waals surface area contributed by atoms with Crippen LogP contribution in [0.25, 0.3) is 16.5 Å². The number of aromatic nitrogens is 1. The van der Waals surface area contributed by atoms with Crippen molar-refractivity contribution in [2.75, 3.05) is 13.2 Å². The molecule has 0 saturated heterocycles. The van der Waals surface area contributed by atoms with Gasteiger partial charge in [-0.3, -0.25) is 0 Å². The van der Waals surface area contributed by atoms with Gasteiger partial charge in [-0.05, 0) is 24.1 Å². The highest BCUT2D eigenvalue weighted by Gasteiger charge is 2.17. The Morgan fingerprint density at radius 1 is 1.33 bits per heavy atom. The van der Waals surface area contributed by atoms with Crippen molar-refractivity contribution in [2.45, 2.75) is 6.42 Å². The Balaban J connectivity index is 2.24. The Morgan fingerprint density at radius 2 is 2.17 bits per heavy atom. The minimum absolute atomic E-state index is 0.552. The predicted octanol–water partition coefficient (Wildman–Crippen LogP) is 2.97. The lowest BCUT2D eigenvalue weighted by atomic mass is 10.1. The van der Waals surface area contributed by atoms with Gasteiger partial charge < -0.3 is 9.84 Å². The van der Waals surface area contributed by atoms with Crippen LogP contribution in [0.4, 0.5) is 4.79 Å². The van der Waals surface area contributed by atoms with Gasteiger partial charge in [-0.1, -0.05) is 24.3 Å². The molecule has 2 heterocycles. The molecule has 0 aliphatic carbocycles. The smallest absolute Gasteiger partial charge is 0.416 e. The Morgan fingerprint density at radius 3 is 2.89 bits per heavy atom. The molecule has 0 unspecified atom stereocenters. The zero-order chi connectivity index (χ0) is 12.5. The lowest BCUT2D eigenvalue weighted by molar-refractivity contribution is 0.161. The number of rotatable bonds is 1. The number of carboxylic acid groups (broad SMARTS) is 1. The molecule has 2 aromatic rings. The maximum absolute atomic E-state index is 11.4. The van der Waals surface area contributed by atoms with E-state index in [0.717, 1.165) is 28.6 Å². The molecule has 0 fully saturated rings. The fraction of sp³-hybridized carbons (Fsp3) is 0.214. The zero-order valence-electron chi connectivity index (χ0n) is 9.80. The molecule has 1 N–H and O–H groups in total. The second kappa shape index (κ2) is 4.31. The Labute approximate surface area is 104 Å². The third-order valence-electron chi connectivity index (χ3n) is 3.19. The SMILES string of the molecule is O=C(O)n1c(C2=CCOCC2)cc2ccccc21. The van der Waals surface area contributed by atoms with Crippen LogP contribution in [0.2, 0.25) is 0 Å². The van der Waals surface area contributed by atoms with E-state index in [1.807, 2.05) is 36.4 Å². The normalized spacial score (nSPS) is 15.7. The van der Waals surface area contributed by atoms with Crippen molar-refractivity contribution in [3.8, 4) is 0 Å². The average molecular weight is 243 g/mol. The highest BCUT2D eigenvalue weighted by molar-refractivity contribution is 5.94. The molecule has 1 aromatic heterocycles. The van der Waals surface area contributed by atoms with Gasteiger partial charge in [-0.2, -0.15) is 0 Å². The molecular weight excluding hydrogens is 230 g/mol. The molecule has 1 aliphatic heterocycles. The van der Waals surface area contributed by atoms with Crippen molar-refractivity contribution in [3.63, 3.8) is 0 Å². The van der Waals surface area contributed by atoms with Crippen LogP contribution in [0, 0.1) is 0 Å². The summed E-state index contributed by atoms with van der Waals surface area (Å²) in [6.07, 6.45) is 1.76. The minimum Gasteiger partial charge on any atom is -0.464 e. The van der Waals surface area contributed by atoms with Gasteiger partial charge in [0.15, 0.2) is 0 Å². The molecule has 1 aliphatic rings. The van der Waals surface area contributed by atoms with E-state index < -0.39 is 6.09 Å². The Kier molecular flexibility index (Phi) is 2.64. The summed E-state index contributed by atoms with van der Waals surface area (Å²) in [6, 6.07) is 9.45. The van der Waals surface area contributed by atoms with Crippen LogP contribution in [0.15, 0.2) is 36.4 Å². The lowest BCUT2D eigenvalue weighted by Gasteiger charge is -2.14. The van der Waals surface area contributed by atoms with Crippen molar-refractivity contribution in [1.82, 2.24) is 4.57 Å². The fourth-order valence-electron chi connectivity index (χ4n) is 2.36. The molecule has 0 radical (unpaired) electrons. The second-order valence-corrected chi connectivity index (χ2v) is 4.26. The zero-order valence-corrected chi connectivity index (χ0v) is 9.80. The van der Waals surface area contributed by atoms with Gasteiger partial charge in [0.05, 0.1) is 24.4 Å². The third-order valence-corrected chi connectivity index (χ3v) is 3.19. The first-order valence-electron chi connectivity index (χ1n) is 5.88. The maximum Gasteiger partial charge on any atom is 0.416 e. The molecule has 4 heteroatoms. The van der Waals surface area contributed by atoms with E-state index in [1.165, 1.54) is 4.57 Å². The van der Waals surface area contributed by atoms with Crippen molar-refractivity contribution in [2.24, 2.45) is 0 Å². The van der Waals surface area contributed by atoms with E-state index in [1.54, 1.807) is 0 Å². The van der Waals surface area contributed by atoms with Gasteiger partial charge in [0.2, 0.25) is 0 Å². The van der Waals surface area contributed by atoms with Gasteiger partial charge in [0.1, 0.15) is 0 Å². The average Bonchev–Trinajstić information content (AvgIpc) is 2.79. The number of nitrogens with zero attached hydrogens (tertiary/aromatic N) is 1. The summed E-state index contributed by atoms with van der Waals surface area (Å²) in [7, 11) is 0. The van der Waals surface area contributed by atoms with E-state index in [0.29, 0.717) is 13.2 Å². The standard InChI is InChI=1S/C14H13NO3/c16-14(17)15-12-4-2-1-3-11(12)9-13(15)10-5-7-18-8-6-10/h1-5,9H,6-8H2,(H,16,17). The topological polar surface area (TPSA) is 51.5 Å². The van der Waals surface area contributed by atoms with Gasteiger partial charge in [0.25, 0.3) is 0 Å².